The zero-order chi connectivity index (χ0) is 30.0. The van der Waals surface area contributed by atoms with Crippen LogP contribution in [-0.2, 0) is 4.74 Å². The van der Waals surface area contributed by atoms with Crippen LogP contribution in [0.5, 0.6) is 11.5 Å². The molecule has 0 amide bonds. The van der Waals surface area contributed by atoms with Gasteiger partial charge in [-0.15, -0.1) is 0 Å². The van der Waals surface area contributed by atoms with Crippen molar-refractivity contribution in [3.63, 3.8) is 0 Å². The van der Waals surface area contributed by atoms with Gasteiger partial charge in [-0.1, -0.05) is 32.0 Å². The van der Waals surface area contributed by atoms with Crippen molar-refractivity contribution in [1.29, 1.82) is 0 Å². The minimum atomic E-state index is -4.65. The lowest BCUT2D eigenvalue weighted by atomic mass is 10.1. The highest BCUT2D eigenvalue weighted by atomic mass is 79.9. The first-order chi connectivity index (χ1) is 18.7. The van der Waals surface area contributed by atoms with Crippen molar-refractivity contribution in [3.8, 4) is 11.5 Å². The molecule has 2 unspecified atom stereocenters. The average Bonchev–Trinajstić information content (AvgIpc) is 3.38. The van der Waals surface area contributed by atoms with E-state index in [-0.39, 0.29) is 11.3 Å². The number of nitrogens with two attached hydrogens (primary N) is 1. The van der Waals surface area contributed by atoms with Gasteiger partial charge >= 0.3 is 12.5 Å². The van der Waals surface area contributed by atoms with Gasteiger partial charge in [0.25, 0.3) is 0 Å². The maximum Gasteiger partial charge on any atom is 0.461 e. The molecule has 0 bridgehead atoms. The van der Waals surface area contributed by atoms with Gasteiger partial charge in [0.1, 0.15) is 5.75 Å². The fourth-order valence-electron chi connectivity index (χ4n) is 3.62. The smallest absolute Gasteiger partial charge is 0.461 e. The molecule has 2 aromatic carbocycles. The normalized spacial score (nSPS) is 16.7. The molecule has 224 valence electrons. The van der Waals surface area contributed by atoms with Crippen LogP contribution in [0, 0.1) is 5.92 Å². The van der Waals surface area contributed by atoms with E-state index in [1.807, 2.05) is 13.8 Å². The van der Waals surface area contributed by atoms with Crippen LogP contribution >= 0.6 is 15.9 Å². The number of ketones is 1. The second kappa shape index (κ2) is 15.5. The Balaban J connectivity index is 0.000000319. The molecule has 3 rings (SSSR count). The molecular weight excluding hydrogens is 608 g/mol. The predicted molar refractivity (Wildman–Crippen MR) is 141 cm³/mol. The maximum absolute atomic E-state index is 12.9. The Labute approximate surface area is 237 Å². The minimum absolute atomic E-state index is 0.0341. The average molecular weight is 641 g/mol. The van der Waals surface area contributed by atoms with Gasteiger partial charge in [0.15, 0.2) is 24.4 Å². The van der Waals surface area contributed by atoms with Crippen LogP contribution in [-0.4, -0.2) is 77.0 Å². The molecule has 1 saturated heterocycles. The molecule has 0 spiro atoms. The number of hydrogen-bond acceptors (Lipinski definition) is 9. The third-order valence-corrected chi connectivity index (χ3v) is 6.18. The second-order valence-corrected chi connectivity index (χ2v) is 10.1. The van der Waals surface area contributed by atoms with Crippen LogP contribution in [0.2, 0.25) is 0 Å². The number of anilines is 1. The molecule has 5 N–H and O–H groups in total. The number of nitrogen functional groups attached to an aromatic ring is 1. The Morgan fingerprint density at radius 3 is 2.45 bits per heavy atom. The number of alkyl halides is 4. The standard InChI is InChI=1S/C16H12BrF4NO3.C10H21NO4/c17-11-5-2-6-12(22)14(11)24-8-13(23)9-3-1-4-10(7-9)25-16(20,21)15(18)19;1-7(2)6-15-10(14)11-5-3-4-8(11)9(12)13/h1-7,15H,8,22H2;7-10,12-14H,3-6H2,1-2H3. The van der Waals surface area contributed by atoms with Gasteiger partial charge in [0, 0.05) is 12.1 Å². The van der Waals surface area contributed by atoms with Gasteiger partial charge in [-0.05, 0) is 59.0 Å². The van der Waals surface area contributed by atoms with Crippen LogP contribution < -0.4 is 15.2 Å². The van der Waals surface area contributed by atoms with Crippen LogP contribution in [0.15, 0.2) is 46.9 Å². The first-order valence-corrected chi connectivity index (χ1v) is 13.1. The molecule has 9 nitrogen and oxygen atoms in total. The maximum atomic E-state index is 12.9. The van der Waals surface area contributed by atoms with Crippen LogP contribution in [0.3, 0.4) is 0 Å². The van der Waals surface area contributed by atoms with E-state index in [0.717, 1.165) is 18.6 Å². The Morgan fingerprint density at radius 1 is 1.18 bits per heavy atom. The predicted octanol–water partition coefficient (Wildman–Crippen LogP) is 4.24. The van der Waals surface area contributed by atoms with E-state index in [0.29, 0.717) is 35.7 Å². The summed E-state index contributed by atoms with van der Waals surface area (Å²) in [6, 6.07) is 9.04. The molecule has 40 heavy (non-hydrogen) atoms. The lowest BCUT2D eigenvalue weighted by molar-refractivity contribution is -0.253. The summed E-state index contributed by atoms with van der Waals surface area (Å²) in [5.74, 6) is -0.523. The first kappa shape index (κ1) is 33.7. The number of ether oxygens (including phenoxy) is 3. The van der Waals surface area contributed by atoms with Gasteiger partial charge in [0.05, 0.1) is 22.8 Å². The number of halogens is 5. The topological polar surface area (TPSA) is 135 Å². The fourth-order valence-corrected chi connectivity index (χ4v) is 4.11. The molecule has 14 heteroatoms. The number of Topliss-reactive ketones (excluding diaryl/α,β-unsaturated/α-hetero) is 1. The van der Waals surface area contributed by atoms with E-state index < -0.39 is 49.4 Å². The molecule has 2 aromatic rings. The lowest BCUT2D eigenvalue weighted by Crippen LogP contribution is -2.46. The van der Waals surface area contributed by atoms with E-state index in [2.05, 4.69) is 20.7 Å². The van der Waals surface area contributed by atoms with Crippen molar-refractivity contribution < 1.29 is 51.9 Å². The summed E-state index contributed by atoms with van der Waals surface area (Å²) in [4.78, 5) is 13.7. The number of benzene rings is 2. The number of rotatable bonds is 12. The summed E-state index contributed by atoms with van der Waals surface area (Å²) < 4.78 is 65.2. The Bertz CT molecular complexity index is 1070. The number of nitrogens with zero attached hydrogens (tertiary/aromatic N) is 1. The molecule has 1 aliphatic heterocycles. The van der Waals surface area contributed by atoms with E-state index >= 15 is 0 Å². The van der Waals surface area contributed by atoms with Crippen LogP contribution in [0.1, 0.15) is 37.0 Å². The van der Waals surface area contributed by atoms with Gasteiger partial charge < -0.3 is 35.3 Å². The number of aliphatic hydroxyl groups is 3. The van der Waals surface area contributed by atoms with E-state index in [4.69, 9.17) is 25.4 Å². The number of para-hydroxylation sites is 1. The van der Waals surface area contributed by atoms with Crippen molar-refractivity contribution in [2.45, 2.75) is 58.0 Å². The lowest BCUT2D eigenvalue weighted by Gasteiger charge is -2.30. The first-order valence-electron chi connectivity index (χ1n) is 12.3. The quantitative estimate of drug-likeness (QED) is 0.116. The number of likely N-dealkylation sites (tertiary alicyclic amines) is 1. The molecule has 1 aliphatic rings. The van der Waals surface area contributed by atoms with Crippen LogP contribution in [0.25, 0.3) is 0 Å². The largest absolute Gasteiger partial charge is 0.482 e. The van der Waals surface area contributed by atoms with Crippen molar-refractivity contribution in [2.24, 2.45) is 5.92 Å². The molecule has 0 saturated carbocycles. The number of aliphatic hydroxyl groups excluding tert-OH is 2. The molecule has 1 fully saturated rings. The Kier molecular flexibility index (Phi) is 13.1. The zero-order valence-corrected chi connectivity index (χ0v) is 23.4. The molecular formula is C26H33BrF4N2O7. The fraction of sp³-hybridized carbons (Fsp3) is 0.500. The van der Waals surface area contributed by atoms with E-state index in [1.54, 1.807) is 23.1 Å². The highest BCUT2D eigenvalue weighted by Gasteiger charge is 2.44. The summed E-state index contributed by atoms with van der Waals surface area (Å²) in [7, 11) is 0. The molecule has 2 atom stereocenters. The van der Waals surface area contributed by atoms with Crippen LogP contribution in [0.4, 0.5) is 23.2 Å². The highest BCUT2D eigenvalue weighted by molar-refractivity contribution is 9.10. The summed E-state index contributed by atoms with van der Waals surface area (Å²) in [5.41, 5.74) is 6.00. The number of carbonyl (C=O) groups is 1. The van der Waals surface area contributed by atoms with Gasteiger partial charge in [-0.2, -0.15) is 17.6 Å². The van der Waals surface area contributed by atoms with Gasteiger partial charge in [-0.3, -0.25) is 4.79 Å². The van der Waals surface area contributed by atoms with E-state index in [1.165, 1.54) is 12.1 Å². The molecule has 0 aromatic heterocycles. The Morgan fingerprint density at radius 2 is 1.85 bits per heavy atom. The third kappa shape index (κ3) is 10.2. The monoisotopic (exact) mass is 640 g/mol. The van der Waals surface area contributed by atoms with Crippen molar-refractivity contribution in [3.05, 3.63) is 52.5 Å². The highest BCUT2D eigenvalue weighted by Crippen LogP contribution is 2.31. The minimum Gasteiger partial charge on any atom is -0.482 e. The molecule has 0 radical (unpaired) electrons. The Hall–Kier alpha value is -2.49. The second-order valence-electron chi connectivity index (χ2n) is 9.28. The summed E-state index contributed by atoms with van der Waals surface area (Å²) in [6.07, 6.45) is -9.55. The molecule has 0 aliphatic carbocycles. The number of hydrogen-bond donors (Lipinski definition) is 4. The van der Waals surface area contributed by atoms with Gasteiger partial charge in [0.2, 0.25) is 6.41 Å². The van der Waals surface area contributed by atoms with E-state index in [9.17, 15) is 27.5 Å². The molecule has 1 heterocycles. The van der Waals surface area contributed by atoms with Crippen molar-refractivity contribution in [2.75, 3.05) is 25.5 Å². The summed E-state index contributed by atoms with van der Waals surface area (Å²) >= 11 is 3.22. The van der Waals surface area contributed by atoms with Gasteiger partial charge in [-0.25, -0.2) is 4.90 Å². The number of carbonyl (C=O) groups excluding carboxylic acids is 1. The zero-order valence-electron chi connectivity index (χ0n) is 21.9. The van der Waals surface area contributed by atoms with Crippen molar-refractivity contribution in [1.82, 2.24) is 4.90 Å². The third-order valence-electron chi connectivity index (χ3n) is 5.56. The van der Waals surface area contributed by atoms with Crippen molar-refractivity contribution >= 4 is 27.4 Å². The summed E-state index contributed by atoms with van der Waals surface area (Å²) in [5, 5.41) is 27.9. The SMILES string of the molecule is CC(C)COC(O)N1CCCC1C(O)O.Nc1cccc(Br)c1OCC(=O)c1cccc(OC(F)(F)C(F)F)c1. The summed E-state index contributed by atoms with van der Waals surface area (Å²) in [6.45, 7) is 4.67.